The van der Waals surface area contributed by atoms with Crippen LogP contribution in [0.15, 0.2) is 70.1 Å². The van der Waals surface area contributed by atoms with Crippen LogP contribution in [0.5, 0.6) is 0 Å². The number of benzene rings is 2. The fourth-order valence-corrected chi connectivity index (χ4v) is 4.54. The molecule has 0 radical (unpaired) electrons. The summed E-state index contributed by atoms with van der Waals surface area (Å²) in [4.78, 5) is 4.62. The van der Waals surface area contributed by atoms with E-state index in [2.05, 4.69) is 4.98 Å². The van der Waals surface area contributed by atoms with Gasteiger partial charge >= 0.3 is 0 Å². The maximum absolute atomic E-state index is 12.8. The van der Waals surface area contributed by atoms with E-state index in [0.717, 1.165) is 24.0 Å². The fourth-order valence-electron chi connectivity index (χ4n) is 2.91. The summed E-state index contributed by atoms with van der Waals surface area (Å²) in [5.74, 6) is 1.15. The summed E-state index contributed by atoms with van der Waals surface area (Å²) in [5, 5.41) is 0. The zero-order valence-electron chi connectivity index (χ0n) is 15.6. The van der Waals surface area contributed by atoms with Gasteiger partial charge in [-0.05, 0) is 37.1 Å². The number of rotatable bonds is 8. The first-order chi connectivity index (χ1) is 13.1. The van der Waals surface area contributed by atoms with Gasteiger partial charge in [-0.25, -0.2) is 13.4 Å². The van der Waals surface area contributed by atoms with Crippen LogP contribution in [0.2, 0.25) is 0 Å². The molecule has 0 aliphatic heterocycles. The predicted molar refractivity (Wildman–Crippen MR) is 107 cm³/mol. The molecule has 3 aromatic rings. The number of hydrogen-bond acceptors (Lipinski definition) is 4. The summed E-state index contributed by atoms with van der Waals surface area (Å²) in [6.07, 6.45) is 3.26. The largest absolute Gasteiger partial charge is 0.436 e. The van der Waals surface area contributed by atoms with Crippen LogP contribution in [-0.4, -0.2) is 30.8 Å². The van der Waals surface area contributed by atoms with Gasteiger partial charge in [0.2, 0.25) is 15.9 Å². The van der Waals surface area contributed by atoms with E-state index in [4.69, 9.17) is 4.42 Å². The SMILES string of the molecule is CCCN(CCC)S(=O)(=O)c1ccc(-c2ncc(-c3ccccc3)o2)cc1. The molecule has 1 aromatic heterocycles. The number of aromatic nitrogens is 1. The Morgan fingerprint density at radius 3 is 2.11 bits per heavy atom. The van der Waals surface area contributed by atoms with Crippen molar-refractivity contribution in [3.8, 4) is 22.8 Å². The van der Waals surface area contributed by atoms with Gasteiger partial charge in [-0.3, -0.25) is 0 Å². The smallest absolute Gasteiger partial charge is 0.243 e. The van der Waals surface area contributed by atoms with Crippen LogP contribution in [0.1, 0.15) is 26.7 Å². The third kappa shape index (κ3) is 4.28. The molecule has 0 bridgehead atoms. The highest BCUT2D eigenvalue weighted by molar-refractivity contribution is 7.89. The summed E-state index contributed by atoms with van der Waals surface area (Å²) in [7, 11) is -3.48. The van der Waals surface area contributed by atoms with Gasteiger partial charge in [-0.2, -0.15) is 4.31 Å². The lowest BCUT2D eigenvalue weighted by atomic mass is 10.2. The lowest BCUT2D eigenvalue weighted by Gasteiger charge is -2.21. The highest BCUT2D eigenvalue weighted by Gasteiger charge is 2.23. The first kappa shape index (κ1) is 19.3. The van der Waals surface area contributed by atoms with Gasteiger partial charge in [0.15, 0.2) is 5.76 Å². The van der Waals surface area contributed by atoms with Crippen LogP contribution in [0.25, 0.3) is 22.8 Å². The zero-order valence-corrected chi connectivity index (χ0v) is 16.4. The van der Waals surface area contributed by atoms with E-state index >= 15 is 0 Å². The molecule has 2 aromatic carbocycles. The van der Waals surface area contributed by atoms with Crippen LogP contribution >= 0.6 is 0 Å². The molecule has 1 heterocycles. The van der Waals surface area contributed by atoms with E-state index in [-0.39, 0.29) is 0 Å². The predicted octanol–water partition coefficient (Wildman–Crippen LogP) is 4.82. The molecule has 0 spiro atoms. The lowest BCUT2D eigenvalue weighted by Crippen LogP contribution is -2.32. The van der Waals surface area contributed by atoms with Crippen molar-refractivity contribution in [1.29, 1.82) is 0 Å². The molecule has 27 heavy (non-hydrogen) atoms. The molecule has 142 valence electrons. The minimum Gasteiger partial charge on any atom is -0.436 e. The Bertz CT molecular complexity index is 958. The van der Waals surface area contributed by atoms with Crippen molar-refractivity contribution >= 4 is 10.0 Å². The molecule has 0 aliphatic rings. The van der Waals surface area contributed by atoms with Crippen molar-refractivity contribution in [3.63, 3.8) is 0 Å². The molecule has 0 aliphatic carbocycles. The maximum Gasteiger partial charge on any atom is 0.243 e. The molecule has 0 atom stereocenters. The summed E-state index contributed by atoms with van der Waals surface area (Å²) < 4.78 is 33.0. The van der Waals surface area contributed by atoms with Crippen molar-refractivity contribution in [2.75, 3.05) is 13.1 Å². The van der Waals surface area contributed by atoms with E-state index in [1.807, 2.05) is 44.2 Å². The van der Waals surface area contributed by atoms with Crippen LogP contribution in [0.4, 0.5) is 0 Å². The second-order valence-electron chi connectivity index (χ2n) is 6.32. The third-order valence-corrected chi connectivity index (χ3v) is 6.16. The van der Waals surface area contributed by atoms with Crippen molar-refractivity contribution in [2.24, 2.45) is 0 Å². The summed E-state index contributed by atoms with van der Waals surface area (Å²) in [5.41, 5.74) is 1.69. The highest BCUT2D eigenvalue weighted by atomic mass is 32.2. The van der Waals surface area contributed by atoms with Gasteiger partial charge in [0.25, 0.3) is 0 Å². The normalized spacial score (nSPS) is 11.8. The van der Waals surface area contributed by atoms with Gasteiger partial charge in [-0.1, -0.05) is 44.2 Å². The number of nitrogens with zero attached hydrogens (tertiary/aromatic N) is 2. The molecule has 5 nitrogen and oxygen atoms in total. The lowest BCUT2D eigenvalue weighted by molar-refractivity contribution is 0.410. The average molecular weight is 385 g/mol. The van der Waals surface area contributed by atoms with Crippen molar-refractivity contribution in [2.45, 2.75) is 31.6 Å². The molecule has 3 rings (SSSR count). The van der Waals surface area contributed by atoms with Gasteiger partial charge in [0.05, 0.1) is 11.1 Å². The molecule has 0 amide bonds. The van der Waals surface area contributed by atoms with E-state index in [0.29, 0.717) is 29.6 Å². The third-order valence-electron chi connectivity index (χ3n) is 4.25. The molecular formula is C21H24N2O3S. The highest BCUT2D eigenvalue weighted by Crippen LogP contribution is 2.27. The Balaban J connectivity index is 1.84. The average Bonchev–Trinajstić information content (AvgIpc) is 3.19. The molecular weight excluding hydrogens is 360 g/mol. The molecule has 0 N–H and O–H groups in total. The Kier molecular flexibility index (Phi) is 6.08. The Labute approximate surface area is 160 Å². The minimum atomic E-state index is -3.48. The van der Waals surface area contributed by atoms with E-state index in [1.165, 1.54) is 0 Å². The van der Waals surface area contributed by atoms with E-state index in [1.54, 1.807) is 34.8 Å². The number of oxazole rings is 1. The number of sulfonamides is 1. The summed E-state index contributed by atoms with van der Waals surface area (Å²) in [6.45, 7) is 5.01. The van der Waals surface area contributed by atoms with Crippen LogP contribution in [-0.2, 0) is 10.0 Å². The Morgan fingerprint density at radius 1 is 0.889 bits per heavy atom. The van der Waals surface area contributed by atoms with E-state index in [9.17, 15) is 8.42 Å². The van der Waals surface area contributed by atoms with E-state index < -0.39 is 10.0 Å². The second kappa shape index (κ2) is 8.50. The standard InChI is InChI=1S/C21H24N2O3S/c1-3-14-23(15-4-2)27(24,25)19-12-10-18(11-13-19)21-22-16-20(26-21)17-8-6-5-7-9-17/h5-13,16H,3-4,14-15H2,1-2H3. The van der Waals surface area contributed by atoms with Crippen molar-refractivity contribution < 1.29 is 12.8 Å². The topological polar surface area (TPSA) is 63.4 Å². The zero-order chi connectivity index (χ0) is 19.3. The van der Waals surface area contributed by atoms with Gasteiger partial charge in [0.1, 0.15) is 0 Å². The first-order valence-electron chi connectivity index (χ1n) is 9.18. The quantitative estimate of drug-likeness (QED) is 0.558. The monoisotopic (exact) mass is 384 g/mol. The van der Waals surface area contributed by atoms with Crippen molar-refractivity contribution in [3.05, 3.63) is 60.8 Å². The minimum absolute atomic E-state index is 0.294. The summed E-state index contributed by atoms with van der Waals surface area (Å²) >= 11 is 0. The number of hydrogen-bond donors (Lipinski definition) is 0. The summed E-state index contributed by atoms with van der Waals surface area (Å²) in [6, 6.07) is 16.5. The fraction of sp³-hybridized carbons (Fsp3) is 0.286. The van der Waals surface area contributed by atoms with Crippen LogP contribution < -0.4 is 0 Å². The van der Waals surface area contributed by atoms with Gasteiger partial charge in [-0.15, -0.1) is 0 Å². The van der Waals surface area contributed by atoms with Gasteiger partial charge in [0, 0.05) is 24.2 Å². The van der Waals surface area contributed by atoms with Crippen LogP contribution in [0, 0.1) is 0 Å². The first-order valence-corrected chi connectivity index (χ1v) is 10.6. The molecule has 0 unspecified atom stereocenters. The maximum atomic E-state index is 12.8. The molecule has 0 saturated carbocycles. The second-order valence-corrected chi connectivity index (χ2v) is 8.26. The van der Waals surface area contributed by atoms with Gasteiger partial charge < -0.3 is 4.42 Å². The molecule has 6 heteroatoms. The van der Waals surface area contributed by atoms with Crippen LogP contribution in [0.3, 0.4) is 0 Å². The molecule has 0 fully saturated rings. The Morgan fingerprint density at radius 2 is 1.52 bits per heavy atom. The molecule has 0 saturated heterocycles. The Hall–Kier alpha value is -2.44. The van der Waals surface area contributed by atoms with Crippen molar-refractivity contribution in [1.82, 2.24) is 9.29 Å².